The fourth-order valence-corrected chi connectivity index (χ4v) is 1.31. The van der Waals surface area contributed by atoms with Crippen molar-refractivity contribution >= 4 is 17.7 Å². The molecule has 1 amide bonds. The third-order valence-electron chi connectivity index (χ3n) is 2.12. The average Bonchev–Trinajstić information content (AvgIpc) is 2.25. The number of benzene rings is 1. The summed E-state index contributed by atoms with van der Waals surface area (Å²) in [7, 11) is 0. The van der Waals surface area contributed by atoms with Crippen molar-refractivity contribution in [3.8, 4) is 5.75 Å². The van der Waals surface area contributed by atoms with Gasteiger partial charge in [-0.3, -0.25) is 0 Å². The number of nitrogens with zero attached hydrogens (tertiary/aromatic N) is 1. The number of ether oxygens (including phenoxy) is 1. The monoisotopic (exact) mass is 245 g/mol. The van der Waals surface area contributed by atoms with Crippen LogP contribution >= 0.6 is 11.6 Å². The summed E-state index contributed by atoms with van der Waals surface area (Å²) < 4.78 is 18.0. The summed E-state index contributed by atoms with van der Waals surface area (Å²) in [6, 6.07) is 3.89. The van der Waals surface area contributed by atoms with Crippen molar-refractivity contribution in [2.45, 2.75) is 13.8 Å². The van der Waals surface area contributed by atoms with Gasteiger partial charge in [0.15, 0.2) is 0 Å². The summed E-state index contributed by atoms with van der Waals surface area (Å²) in [5.41, 5.74) is 0. The number of amides is 1. The van der Waals surface area contributed by atoms with Gasteiger partial charge in [-0.15, -0.1) is 0 Å². The lowest BCUT2D eigenvalue weighted by molar-refractivity contribution is 0.157. The molecule has 0 bridgehead atoms. The zero-order chi connectivity index (χ0) is 12.1. The van der Waals surface area contributed by atoms with Crippen LogP contribution in [-0.4, -0.2) is 24.1 Å². The van der Waals surface area contributed by atoms with Crippen molar-refractivity contribution in [2.75, 3.05) is 13.1 Å². The summed E-state index contributed by atoms with van der Waals surface area (Å²) >= 11 is 5.51. The van der Waals surface area contributed by atoms with E-state index >= 15 is 0 Å². The Morgan fingerprint density at radius 1 is 1.44 bits per heavy atom. The van der Waals surface area contributed by atoms with E-state index in [-0.39, 0.29) is 10.8 Å². The molecule has 0 radical (unpaired) electrons. The highest BCUT2D eigenvalue weighted by molar-refractivity contribution is 6.30. The number of carbonyl (C=O) groups is 1. The van der Waals surface area contributed by atoms with Crippen LogP contribution in [0.4, 0.5) is 9.18 Å². The molecule has 0 aliphatic rings. The Kier molecular flexibility index (Phi) is 4.55. The van der Waals surface area contributed by atoms with Gasteiger partial charge in [-0.05, 0) is 26.0 Å². The predicted octanol–water partition coefficient (Wildman–Crippen LogP) is 3.32. The van der Waals surface area contributed by atoms with Crippen LogP contribution in [-0.2, 0) is 0 Å². The smallest absolute Gasteiger partial charge is 0.410 e. The van der Waals surface area contributed by atoms with Crippen molar-refractivity contribution in [3.05, 3.63) is 29.0 Å². The van der Waals surface area contributed by atoms with Gasteiger partial charge in [0.1, 0.15) is 11.6 Å². The molecule has 0 aliphatic heterocycles. The van der Waals surface area contributed by atoms with E-state index in [0.717, 1.165) is 6.07 Å². The molecule has 0 heterocycles. The SMILES string of the molecule is CCN(CC)C(=O)Oc1ccc(Cl)c(F)c1. The quantitative estimate of drug-likeness (QED) is 0.818. The van der Waals surface area contributed by atoms with Gasteiger partial charge in [0.05, 0.1) is 5.02 Å². The molecule has 0 unspecified atom stereocenters. The van der Waals surface area contributed by atoms with Crippen LogP contribution in [0.5, 0.6) is 5.75 Å². The van der Waals surface area contributed by atoms with Crippen LogP contribution in [0, 0.1) is 5.82 Å². The molecular formula is C11H13ClFNO2. The molecule has 88 valence electrons. The molecule has 0 fully saturated rings. The fourth-order valence-electron chi connectivity index (χ4n) is 1.19. The zero-order valence-electron chi connectivity index (χ0n) is 9.17. The predicted molar refractivity (Wildman–Crippen MR) is 60.4 cm³/mol. The van der Waals surface area contributed by atoms with E-state index in [2.05, 4.69) is 0 Å². The van der Waals surface area contributed by atoms with Crippen LogP contribution < -0.4 is 4.74 Å². The molecule has 0 saturated carbocycles. The molecule has 3 nitrogen and oxygen atoms in total. The van der Waals surface area contributed by atoms with Crippen LogP contribution in [0.1, 0.15) is 13.8 Å². The minimum absolute atomic E-state index is 0.00244. The summed E-state index contributed by atoms with van der Waals surface area (Å²) in [6.07, 6.45) is -0.494. The van der Waals surface area contributed by atoms with Gasteiger partial charge < -0.3 is 9.64 Å². The number of carbonyl (C=O) groups excluding carboxylic acids is 1. The summed E-state index contributed by atoms with van der Waals surface area (Å²) in [5.74, 6) is -0.453. The fraction of sp³-hybridized carbons (Fsp3) is 0.364. The number of hydrogen-bond acceptors (Lipinski definition) is 2. The van der Waals surface area contributed by atoms with Gasteiger partial charge in [0.2, 0.25) is 0 Å². The highest BCUT2D eigenvalue weighted by atomic mass is 35.5. The molecule has 0 spiro atoms. The molecule has 0 N–H and O–H groups in total. The van der Waals surface area contributed by atoms with Crippen LogP contribution in [0.2, 0.25) is 5.02 Å². The maximum Gasteiger partial charge on any atom is 0.415 e. The lowest BCUT2D eigenvalue weighted by Crippen LogP contribution is -2.33. The van der Waals surface area contributed by atoms with Crippen LogP contribution in [0.25, 0.3) is 0 Å². The van der Waals surface area contributed by atoms with E-state index in [1.165, 1.54) is 17.0 Å². The minimum Gasteiger partial charge on any atom is -0.410 e. The van der Waals surface area contributed by atoms with Gasteiger partial charge in [-0.25, -0.2) is 9.18 Å². The Morgan fingerprint density at radius 3 is 2.56 bits per heavy atom. The molecule has 0 atom stereocenters. The Bertz CT molecular complexity index is 380. The zero-order valence-corrected chi connectivity index (χ0v) is 9.92. The molecule has 0 aliphatic carbocycles. The normalized spacial score (nSPS) is 10.0. The second kappa shape index (κ2) is 5.70. The number of rotatable bonds is 3. The van der Waals surface area contributed by atoms with E-state index in [1.807, 2.05) is 13.8 Å². The molecule has 1 aromatic carbocycles. The second-order valence-electron chi connectivity index (χ2n) is 3.12. The Labute approximate surface area is 98.8 Å². The maximum atomic E-state index is 13.1. The third-order valence-corrected chi connectivity index (χ3v) is 2.42. The van der Waals surface area contributed by atoms with Gasteiger partial charge >= 0.3 is 6.09 Å². The van der Waals surface area contributed by atoms with Crippen molar-refractivity contribution in [1.82, 2.24) is 4.90 Å². The van der Waals surface area contributed by atoms with Gasteiger partial charge in [-0.1, -0.05) is 11.6 Å². The van der Waals surface area contributed by atoms with Crippen molar-refractivity contribution < 1.29 is 13.9 Å². The standard InChI is InChI=1S/C11H13ClFNO2/c1-3-14(4-2)11(15)16-8-5-6-9(12)10(13)7-8/h5-7H,3-4H2,1-2H3. The van der Waals surface area contributed by atoms with Gasteiger partial charge in [0.25, 0.3) is 0 Å². The molecule has 0 aromatic heterocycles. The highest BCUT2D eigenvalue weighted by Crippen LogP contribution is 2.20. The summed E-state index contributed by atoms with van der Waals surface area (Å²) in [6.45, 7) is 4.78. The van der Waals surface area contributed by atoms with Crippen molar-refractivity contribution in [1.29, 1.82) is 0 Å². The molecule has 1 rings (SSSR count). The first-order valence-electron chi connectivity index (χ1n) is 5.00. The Morgan fingerprint density at radius 2 is 2.06 bits per heavy atom. The topological polar surface area (TPSA) is 29.5 Å². The lowest BCUT2D eigenvalue weighted by atomic mass is 10.3. The number of hydrogen-bond donors (Lipinski definition) is 0. The van der Waals surface area contributed by atoms with Crippen LogP contribution in [0.15, 0.2) is 18.2 Å². The maximum absolute atomic E-state index is 13.1. The Hall–Kier alpha value is -1.29. The summed E-state index contributed by atoms with van der Waals surface area (Å²) in [5, 5.41) is 0.00244. The number of halogens is 2. The highest BCUT2D eigenvalue weighted by Gasteiger charge is 2.12. The molecular weight excluding hydrogens is 233 g/mol. The molecule has 0 saturated heterocycles. The molecule has 1 aromatic rings. The van der Waals surface area contributed by atoms with E-state index in [4.69, 9.17) is 16.3 Å². The first kappa shape index (κ1) is 12.8. The Balaban J connectivity index is 2.73. The van der Waals surface area contributed by atoms with E-state index in [0.29, 0.717) is 13.1 Å². The average molecular weight is 246 g/mol. The van der Waals surface area contributed by atoms with Crippen LogP contribution in [0.3, 0.4) is 0 Å². The second-order valence-corrected chi connectivity index (χ2v) is 3.52. The molecule has 5 heteroatoms. The van der Waals surface area contributed by atoms with E-state index in [9.17, 15) is 9.18 Å². The summed E-state index contributed by atoms with van der Waals surface area (Å²) in [4.78, 5) is 13.0. The minimum atomic E-state index is -0.605. The van der Waals surface area contributed by atoms with Gasteiger partial charge in [0, 0.05) is 19.2 Å². The molecule has 16 heavy (non-hydrogen) atoms. The largest absolute Gasteiger partial charge is 0.415 e. The lowest BCUT2D eigenvalue weighted by Gasteiger charge is -2.17. The van der Waals surface area contributed by atoms with E-state index < -0.39 is 11.9 Å². The third kappa shape index (κ3) is 3.10. The first-order chi connectivity index (χ1) is 7.58. The van der Waals surface area contributed by atoms with Crippen molar-refractivity contribution in [3.63, 3.8) is 0 Å². The van der Waals surface area contributed by atoms with E-state index in [1.54, 1.807) is 0 Å². The van der Waals surface area contributed by atoms with Gasteiger partial charge in [-0.2, -0.15) is 0 Å². The first-order valence-corrected chi connectivity index (χ1v) is 5.38. The van der Waals surface area contributed by atoms with Crippen molar-refractivity contribution in [2.24, 2.45) is 0 Å².